The Morgan fingerprint density at radius 1 is 1.33 bits per heavy atom. The second kappa shape index (κ2) is 6.74. The monoisotopic (exact) mass is 291 g/mol. The highest BCUT2D eigenvalue weighted by atomic mass is 35.5. The van der Waals surface area contributed by atoms with Crippen molar-refractivity contribution in [2.24, 2.45) is 5.41 Å². The Bertz CT molecular complexity index is 388. The van der Waals surface area contributed by atoms with Gasteiger partial charge in [0.15, 0.2) is 0 Å². The van der Waals surface area contributed by atoms with Gasteiger partial charge >= 0.3 is 0 Å². The molecule has 1 aromatic rings. The third-order valence-electron chi connectivity index (χ3n) is 2.55. The minimum atomic E-state index is -0.353. The van der Waals surface area contributed by atoms with E-state index in [0.717, 1.165) is 6.42 Å². The van der Waals surface area contributed by atoms with E-state index in [1.165, 1.54) is 0 Å². The van der Waals surface area contributed by atoms with E-state index in [-0.39, 0.29) is 21.6 Å². The van der Waals surface area contributed by atoms with Gasteiger partial charge in [-0.15, -0.1) is 11.6 Å². The van der Waals surface area contributed by atoms with Crippen molar-refractivity contribution in [1.29, 1.82) is 0 Å². The minimum Gasteiger partial charge on any atom is -0.311 e. The maximum atomic E-state index is 13.6. The Morgan fingerprint density at radius 3 is 2.61 bits per heavy atom. The van der Waals surface area contributed by atoms with Crippen LogP contribution < -0.4 is 5.32 Å². The topological polar surface area (TPSA) is 12.0 Å². The van der Waals surface area contributed by atoms with Crippen LogP contribution in [0.2, 0.25) is 5.02 Å². The van der Waals surface area contributed by atoms with Crippen molar-refractivity contribution >= 4 is 23.2 Å². The summed E-state index contributed by atoms with van der Waals surface area (Å²) in [4.78, 5) is 0. The highest BCUT2D eigenvalue weighted by Gasteiger charge is 2.16. The Balaban J connectivity index is 2.40. The first-order valence-corrected chi connectivity index (χ1v) is 6.89. The van der Waals surface area contributed by atoms with Crippen molar-refractivity contribution in [2.75, 3.05) is 6.54 Å². The standard InChI is InChI=1S/C14H20Cl2FN/c1-14(2,3)7-11(15)9-18-8-10-5-4-6-12(16)13(10)17/h4-6,11,18H,7-9H2,1-3H3. The molecule has 1 aromatic carbocycles. The molecule has 0 aromatic heterocycles. The second-order valence-corrected chi connectivity index (χ2v) is 6.73. The number of hydrogen-bond donors (Lipinski definition) is 1. The fourth-order valence-electron chi connectivity index (χ4n) is 1.79. The lowest BCUT2D eigenvalue weighted by Crippen LogP contribution is -2.26. The fraction of sp³-hybridized carbons (Fsp3) is 0.571. The van der Waals surface area contributed by atoms with E-state index in [4.69, 9.17) is 23.2 Å². The molecule has 1 unspecified atom stereocenters. The molecule has 0 saturated carbocycles. The maximum absolute atomic E-state index is 13.6. The summed E-state index contributed by atoms with van der Waals surface area (Å²) in [5, 5.41) is 3.37. The van der Waals surface area contributed by atoms with E-state index in [0.29, 0.717) is 18.7 Å². The van der Waals surface area contributed by atoms with Crippen molar-refractivity contribution in [3.8, 4) is 0 Å². The second-order valence-electron chi connectivity index (χ2n) is 5.71. The van der Waals surface area contributed by atoms with Crippen molar-refractivity contribution in [3.05, 3.63) is 34.6 Å². The normalized spacial score (nSPS) is 13.7. The fourth-order valence-corrected chi connectivity index (χ4v) is 2.55. The first kappa shape index (κ1) is 15.7. The van der Waals surface area contributed by atoms with Gasteiger partial charge in [0.05, 0.1) is 5.02 Å². The van der Waals surface area contributed by atoms with Gasteiger partial charge < -0.3 is 5.32 Å². The summed E-state index contributed by atoms with van der Waals surface area (Å²) >= 11 is 11.9. The van der Waals surface area contributed by atoms with E-state index >= 15 is 0 Å². The van der Waals surface area contributed by atoms with Crippen LogP contribution in [0.4, 0.5) is 4.39 Å². The lowest BCUT2D eigenvalue weighted by atomic mass is 9.90. The van der Waals surface area contributed by atoms with Crippen molar-refractivity contribution < 1.29 is 4.39 Å². The van der Waals surface area contributed by atoms with Crippen LogP contribution in [-0.2, 0) is 6.54 Å². The van der Waals surface area contributed by atoms with Gasteiger partial charge in [-0.05, 0) is 17.9 Å². The molecule has 0 amide bonds. The molecule has 18 heavy (non-hydrogen) atoms. The molecule has 102 valence electrons. The Hall–Kier alpha value is -0.310. The van der Waals surface area contributed by atoms with Crippen LogP contribution in [-0.4, -0.2) is 11.9 Å². The van der Waals surface area contributed by atoms with Gasteiger partial charge in [0.2, 0.25) is 0 Å². The molecule has 0 radical (unpaired) electrons. The Morgan fingerprint density at radius 2 is 2.00 bits per heavy atom. The molecule has 0 aliphatic carbocycles. The third kappa shape index (κ3) is 5.55. The number of hydrogen-bond acceptors (Lipinski definition) is 1. The highest BCUT2D eigenvalue weighted by molar-refractivity contribution is 6.30. The van der Waals surface area contributed by atoms with Crippen molar-refractivity contribution in [2.45, 2.75) is 39.1 Å². The minimum absolute atomic E-state index is 0.0484. The third-order valence-corrected chi connectivity index (χ3v) is 3.15. The average molecular weight is 292 g/mol. The number of benzene rings is 1. The lowest BCUT2D eigenvalue weighted by molar-refractivity contribution is 0.364. The molecular formula is C14H20Cl2FN. The van der Waals surface area contributed by atoms with Gasteiger partial charge in [-0.3, -0.25) is 0 Å². The summed E-state index contributed by atoms with van der Waals surface area (Å²) in [5.41, 5.74) is 0.775. The summed E-state index contributed by atoms with van der Waals surface area (Å²) in [7, 11) is 0. The smallest absolute Gasteiger partial charge is 0.146 e. The molecule has 1 N–H and O–H groups in total. The van der Waals surface area contributed by atoms with Crippen LogP contribution in [0.5, 0.6) is 0 Å². The zero-order chi connectivity index (χ0) is 13.8. The average Bonchev–Trinajstić information content (AvgIpc) is 2.21. The van der Waals surface area contributed by atoms with Gasteiger partial charge in [0.25, 0.3) is 0 Å². The number of halogens is 3. The largest absolute Gasteiger partial charge is 0.311 e. The van der Waals surface area contributed by atoms with Gasteiger partial charge in [-0.25, -0.2) is 4.39 Å². The van der Waals surface area contributed by atoms with Gasteiger partial charge in [-0.1, -0.05) is 44.5 Å². The Labute approximate surface area is 119 Å². The lowest BCUT2D eigenvalue weighted by Gasteiger charge is -2.22. The zero-order valence-corrected chi connectivity index (χ0v) is 12.6. The van der Waals surface area contributed by atoms with Gasteiger partial charge in [0, 0.05) is 24.0 Å². The molecular weight excluding hydrogens is 272 g/mol. The zero-order valence-electron chi connectivity index (χ0n) is 11.1. The van der Waals surface area contributed by atoms with Gasteiger partial charge in [0.1, 0.15) is 5.82 Å². The molecule has 0 aliphatic heterocycles. The number of alkyl halides is 1. The molecule has 1 rings (SSSR count). The van der Waals surface area contributed by atoms with E-state index in [1.54, 1.807) is 18.2 Å². The first-order chi connectivity index (χ1) is 8.29. The molecule has 0 bridgehead atoms. The molecule has 1 nitrogen and oxygen atoms in total. The van der Waals surface area contributed by atoms with E-state index in [9.17, 15) is 4.39 Å². The predicted octanol–water partition coefficient (Wildman–Crippen LogP) is 4.61. The van der Waals surface area contributed by atoms with Crippen LogP contribution in [0.1, 0.15) is 32.8 Å². The summed E-state index contributed by atoms with van der Waals surface area (Å²) in [6.45, 7) is 7.56. The first-order valence-electron chi connectivity index (χ1n) is 6.07. The molecule has 0 fully saturated rings. The van der Waals surface area contributed by atoms with Gasteiger partial charge in [-0.2, -0.15) is 0 Å². The van der Waals surface area contributed by atoms with E-state index in [1.807, 2.05) is 0 Å². The van der Waals surface area contributed by atoms with Crippen LogP contribution >= 0.6 is 23.2 Å². The summed E-state index contributed by atoms with van der Waals surface area (Å²) < 4.78 is 13.6. The molecule has 0 spiro atoms. The molecule has 0 aliphatic rings. The van der Waals surface area contributed by atoms with Crippen molar-refractivity contribution in [1.82, 2.24) is 5.32 Å². The predicted molar refractivity (Wildman–Crippen MR) is 76.8 cm³/mol. The summed E-state index contributed by atoms with van der Waals surface area (Å²) in [5.74, 6) is -0.353. The van der Waals surface area contributed by atoms with E-state index < -0.39 is 0 Å². The van der Waals surface area contributed by atoms with Crippen LogP contribution in [0, 0.1) is 11.2 Å². The molecule has 1 atom stereocenters. The van der Waals surface area contributed by atoms with Crippen LogP contribution in [0.15, 0.2) is 18.2 Å². The van der Waals surface area contributed by atoms with Crippen LogP contribution in [0.25, 0.3) is 0 Å². The SMILES string of the molecule is CC(C)(C)CC(Cl)CNCc1cccc(Cl)c1F. The maximum Gasteiger partial charge on any atom is 0.146 e. The van der Waals surface area contributed by atoms with Crippen molar-refractivity contribution in [3.63, 3.8) is 0 Å². The molecule has 0 heterocycles. The molecule has 4 heteroatoms. The number of rotatable bonds is 5. The Kier molecular flexibility index (Phi) is 5.90. The van der Waals surface area contributed by atoms with Crippen LogP contribution in [0.3, 0.4) is 0 Å². The molecule has 0 saturated heterocycles. The van der Waals surface area contributed by atoms with E-state index in [2.05, 4.69) is 26.1 Å². The highest BCUT2D eigenvalue weighted by Crippen LogP contribution is 2.23. The number of nitrogens with one attached hydrogen (secondary N) is 1. The quantitative estimate of drug-likeness (QED) is 0.781. The summed E-state index contributed by atoms with van der Waals surface area (Å²) in [6, 6.07) is 5.02. The summed E-state index contributed by atoms with van der Waals surface area (Å²) in [6.07, 6.45) is 0.916.